The molecule has 0 aliphatic rings. The summed E-state index contributed by atoms with van der Waals surface area (Å²) in [7, 11) is 1.69. The molecule has 0 fully saturated rings. The van der Waals surface area contributed by atoms with E-state index in [1.54, 1.807) is 11.9 Å². The molecule has 0 aliphatic carbocycles. The fourth-order valence-corrected chi connectivity index (χ4v) is 2.65. The molecule has 0 bridgehead atoms. The van der Waals surface area contributed by atoms with E-state index in [1.165, 1.54) is 0 Å². The summed E-state index contributed by atoms with van der Waals surface area (Å²) in [5, 5.41) is 10.9. The monoisotopic (exact) mass is 337 g/mol. The highest BCUT2D eigenvalue weighted by atomic mass is 79.9. The molecule has 0 amide bonds. The minimum absolute atomic E-state index is 0.108. The van der Waals surface area contributed by atoms with Crippen molar-refractivity contribution in [1.29, 1.82) is 0 Å². The Labute approximate surface area is 125 Å². The molecule has 0 atom stereocenters. The van der Waals surface area contributed by atoms with Crippen LogP contribution in [0.4, 0.5) is 0 Å². The maximum atomic E-state index is 10.8. The van der Waals surface area contributed by atoms with Gasteiger partial charge in [-0.1, -0.05) is 58.5 Å². The highest BCUT2D eigenvalue weighted by Crippen LogP contribution is 2.27. The lowest BCUT2D eigenvalue weighted by atomic mass is 10.0. The van der Waals surface area contributed by atoms with E-state index < -0.39 is 5.97 Å². The van der Waals surface area contributed by atoms with Crippen molar-refractivity contribution in [3.8, 4) is 0 Å². The SMILES string of the molecule is CN(CC(=O)O)C(=S)c1ccc(Br)c2ccccc12. The van der Waals surface area contributed by atoms with Gasteiger partial charge >= 0.3 is 5.97 Å². The van der Waals surface area contributed by atoms with Gasteiger partial charge in [-0.2, -0.15) is 0 Å². The second-order valence-electron chi connectivity index (χ2n) is 4.20. The first-order valence-electron chi connectivity index (χ1n) is 5.65. The molecule has 0 unspecified atom stereocenters. The van der Waals surface area contributed by atoms with Crippen LogP contribution < -0.4 is 0 Å². The first-order valence-corrected chi connectivity index (χ1v) is 6.85. The van der Waals surface area contributed by atoms with Gasteiger partial charge in [0.25, 0.3) is 0 Å². The number of nitrogens with zero attached hydrogens (tertiary/aromatic N) is 1. The molecule has 0 saturated heterocycles. The molecule has 2 aromatic rings. The van der Waals surface area contributed by atoms with Crippen molar-refractivity contribution >= 4 is 49.9 Å². The zero-order valence-electron chi connectivity index (χ0n) is 10.3. The quantitative estimate of drug-likeness (QED) is 0.872. The number of fused-ring (bicyclic) bond motifs is 1. The first-order chi connectivity index (χ1) is 9.00. The number of thiocarbonyl (C=S) groups is 1. The summed E-state index contributed by atoms with van der Waals surface area (Å²) in [6, 6.07) is 11.7. The number of carboxylic acids is 1. The van der Waals surface area contributed by atoms with Crippen LogP contribution in [0.1, 0.15) is 5.56 Å². The lowest BCUT2D eigenvalue weighted by Crippen LogP contribution is -2.31. The molecule has 5 heteroatoms. The van der Waals surface area contributed by atoms with Crippen LogP contribution >= 0.6 is 28.1 Å². The van der Waals surface area contributed by atoms with Crippen molar-refractivity contribution in [2.75, 3.05) is 13.6 Å². The van der Waals surface area contributed by atoms with Crippen LogP contribution in [0.3, 0.4) is 0 Å². The highest BCUT2D eigenvalue weighted by Gasteiger charge is 2.13. The topological polar surface area (TPSA) is 40.5 Å². The zero-order chi connectivity index (χ0) is 14.0. The van der Waals surface area contributed by atoms with E-state index in [-0.39, 0.29) is 6.54 Å². The van der Waals surface area contributed by atoms with E-state index in [4.69, 9.17) is 17.3 Å². The number of hydrogen-bond acceptors (Lipinski definition) is 2. The standard InChI is InChI=1S/C14H12BrNO2S/c1-16(8-13(17)18)14(19)11-6-7-12(15)10-5-3-2-4-9(10)11/h2-7H,8H2,1H3,(H,17,18). The highest BCUT2D eigenvalue weighted by molar-refractivity contribution is 9.10. The third kappa shape index (κ3) is 2.93. The average molecular weight is 338 g/mol. The number of carboxylic acid groups (broad SMARTS) is 1. The van der Waals surface area contributed by atoms with Crippen molar-refractivity contribution in [1.82, 2.24) is 4.90 Å². The normalized spacial score (nSPS) is 10.4. The maximum absolute atomic E-state index is 10.8. The number of rotatable bonds is 3. The Balaban J connectivity index is 2.48. The molecule has 2 aromatic carbocycles. The van der Waals surface area contributed by atoms with Gasteiger partial charge in [0.1, 0.15) is 11.5 Å². The summed E-state index contributed by atoms with van der Waals surface area (Å²) in [5.41, 5.74) is 0.873. The number of halogens is 1. The van der Waals surface area contributed by atoms with Crippen LogP contribution in [-0.2, 0) is 4.79 Å². The fraction of sp³-hybridized carbons (Fsp3) is 0.143. The average Bonchev–Trinajstić information content (AvgIpc) is 2.38. The van der Waals surface area contributed by atoms with Crippen molar-refractivity contribution in [2.24, 2.45) is 0 Å². The van der Waals surface area contributed by atoms with Gasteiger partial charge in [0, 0.05) is 17.1 Å². The van der Waals surface area contributed by atoms with Gasteiger partial charge < -0.3 is 10.0 Å². The molecule has 3 nitrogen and oxygen atoms in total. The Morgan fingerprint density at radius 1 is 1.26 bits per heavy atom. The number of likely N-dealkylation sites (N-methyl/N-ethyl adjacent to an activating group) is 1. The number of carbonyl (C=O) groups is 1. The lowest BCUT2D eigenvalue weighted by molar-refractivity contribution is -0.137. The predicted octanol–water partition coefficient (Wildman–Crippen LogP) is 3.29. The Hall–Kier alpha value is -1.46. The summed E-state index contributed by atoms with van der Waals surface area (Å²) in [6.07, 6.45) is 0. The molecular formula is C14H12BrNO2S. The van der Waals surface area contributed by atoms with Crippen molar-refractivity contribution in [3.05, 3.63) is 46.4 Å². The zero-order valence-corrected chi connectivity index (χ0v) is 12.7. The minimum atomic E-state index is -0.897. The molecule has 0 saturated carbocycles. The van der Waals surface area contributed by atoms with Gasteiger partial charge in [-0.3, -0.25) is 4.79 Å². The van der Waals surface area contributed by atoms with Crippen LogP contribution in [0.15, 0.2) is 40.9 Å². The van der Waals surface area contributed by atoms with Gasteiger partial charge in [-0.15, -0.1) is 0 Å². The molecule has 0 aliphatic heterocycles. The second-order valence-corrected chi connectivity index (χ2v) is 5.44. The molecule has 19 heavy (non-hydrogen) atoms. The molecule has 0 radical (unpaired) electrons. The summed E-state index contributed by atoms with van der Waals surface area (Å²) < 4.78 is 0.996. The van der Waals surface area contributed by atoms with Crippen molar-refractivity contribution in [3.63, 3.8) is 0 Å². The first kappa shape index (κ1) is 14.0. The number of benzene rings is 2. The molecule has 98 valence electrons. The third-order valence-electron chi connectivity index (χ3n) is 2.82. The van der Waals surface area contributed by atoms with Gasteiger partial charge in [0.2, 0.25) is 0 Å². The summed E-state index contributed by atoms with van der Waals surface area (Å²) in [6.45, 7) is -0.108. The molecule has 0 heterocycles. The number of aliphatic carboxylic acids is 1. The Bertz CT molecular complexity index is 657. The summed E-state index contributed by atoms with van der Waals surface area (Å²) in [4.78, 5) is 12.9. The second kappa shape index (κ2) is 5.67. The third-order valence-corrected chi connectivity index (χ3v) is 4.04. The van der Waals surface area contributed by atoms with Gasteiger partial charge in [-0.05, 0) is 16.8 Å². The molecule has 0 aromatic heterocycles. The fourth-order valence-electron chi connectivity index (χ4n) is 1.93. The van der Waals surface area contributed by atoms with E-state index in [0.717, 1.165) is 20.8 Å². The molecule has 0 spiro atoms. The Morgan fingerprint density at radius 2 is 1.89 bits per heavy atom. The van der Waals surface area contributed by atoms with Crippen LogP contribution in [-0.4, -0.2) is 34.6 Å². The van der Waals surface area contributed by atoms with E-state index in [1.807, 2.05) is 36.4 Å². The summed E-state index contributed by atoms with van der Waals surface area (Å²) >= 11 is 8.89. The Kier molecular flexibility index (Phi) is 4.17. The minimum Gasteiger partial charge on any atom is -0.480 e. The summed E-state index contributed by atoms with van der Waals surface area (Å²) in [5.74, 6) is -0.897. The Morgan fingerprint density at radius 3 is 2.53 bits per heavy atom. The van der Waals surface area contributed by atoms with Crippen LogP contribution in [0.25, 0.3) is 10.8 Å². The van der Waals surface area contributed by atoms with E-state index >= 15 is 0 Å². The number of hydrogen-bond donors (Lipinski definition) is 1. The molecular weight excluding hydrogens is 326 g/mol. The van der Waals surface area contributed by atoms with Crippen LogP contribution in [0.2, 0.25) is 0 Å². The van der Waals surface area contributed by atoms with Crippen molar-refractivity contribution in [2.45, 2.75) is 0 Å². The van der Waals surface area contributed by atoms with E-state index in [9.17, 15) is 4.79 Å². The van der Waals surface area contributed by atoms with Crippen molar-refractivity contribution < 1.29 is 9.90 Å². The van der Waals surface area contributed by atoms with Gasteiger partial charge in [-0.25, -0.2) is 0 Å². The van der Waals surface area contributed by atoms with E-state index in [0.29, 0.717) is 4.99 Å². The van der Waals surface area contributed by atoms with Crippen LogP contribution in [0, 0.1) is 0 Å². The molecule has 1 N–H and O–H groups in total. The largest absolute Gasteiger partial charge is 0.480 e. The predicted molar refractivity (Wildman–Crippen MR) is 83.6 cm³/mol. The molecule has 2 rings (SSSR count). The maximum Gasteiger partial charge on any atom is 0.323 e. The lowest BCUT2D eigenvalue weighted by Gasteiger charge is -2.19. The van der Waals surface area contributed by atoms with Crippen LogP contribution in [0.5, 0.6) is 0 Å². The van der Waals surface area contributed by atoms with E-state index in [2.05, 4.69) is 15.9 Å². The van der Waals surface area contributed by atoms with Gasteiger partial charge in [0.15, 0.2) is 0 Å². The van der Waals surface area contributed by atoms with Gasteiger partial charge in [0.05, 0.1) is 0 Å². The smallest absolute Gasteiger partial charge is 0.323 e.